The molecule has 3 aromatic rings. The van der Waals surface area contributed by atoms with Gasteiger partial charge in [-0.05, 0) is 43.2 Å². The summed E-state index contributed by atoms with van der Waals surface area (Å²) < 4.78 is 45.1. The Balaban J connectivity index is 1.59. The maximum Gasteiger partial charge on any atom is 0.417 e. The van der Waals surface area contributed by atoms with Crippen molar-refractivity contribution in [3.8, 4) is 5.75 Å². The molecule has 142 valence electrons. The van der Waals surface area contributed by atoms with Crippen molar-refractivity contribution >= 4 is 11.6 Å². The largest absolute Gasteiger partial charge is 0.483 e. The van der Waals surface area contributed by atoms with Crippen molar-refractivity contribution < 1.29 is 22.7 Å². The van der Waals surface area contributed by atoms with Crippen LogP contribution in [0.1, 0.15) is 22.4 Å². The predicted octanol–water partition coefficient (Wildman–Crippen LogP) is 3.67. The lowest BCUT2D eigenvalue weighted by Crippen LogP contribution is -2.28. The van der Waals surface area contributed by atoms with Crippen molar-refractivity contribution in [3.05, 3.63) is 65.1 Å². The lowest BCUT2D eigenvalue weighted by molar-refractivity contribution is -0.137. The van der Waals surface area contributed by atoms with Crippen molar-refractivity contribution in [2.45, 2.75) is 26.6 Å². The highest BCUT2D eigenvalue weighted by molar-refractivity contribution is 5.77. The Morgan fingerprint density at radius 2 is 1.96 bits per heavy atom. The first-order valence-corrected chi connectivity index (χ1v) is 8.24. The molecule has 5 nitrogen and oxygen atoms in total. The zero-order valence-corrected chi connectivity index (χ0v) is 14.8. The van der Waals surface area contributed by atoms with Gasteiger partial charge in [-0.25, -0.2) is 4.98 Å². The first-order chi connectivity index (χ1) is 12.7. The van der Waals surface area contributed by atoms with Crippen LogP contribution in [-0.4, -0.2) is 21.9 Å². The number of amides is 1. The van der Waals surface area contributed by atoms with Crippen LogP contribution in [0, 0.1) is 13.8 Å². The number of halogens is 3. The monoisotopic (exact) mass is 377 g/mol. The maximum atomic E-state index is 12.7. The van der Waals surface area contributed by atoms with E-state index in [2.05, 4.69) is 10.3 Å². The van der Waals surface area contributed by atoms with Gasteiger partial charge in [-0.15, -0.1) is 0 Å². The fourth-order valence-electron chi connectivity index (χ4n) is 2.56. The van der Waals surface area contributed by atoms with Crippen LogP contribution in [0.15, 0.2) is 42.7 Å². The summed E-state index contributed by atoms with van der Waals surface area (Å²) in [6, 6.07) is 7.85. The van der Waals surface area contributed by atoms with Crippen molar-refractivity contribution in [2.75, 3.05) is 6.61 Å². The number of nitrogens with one attached hydrogen (secondary N) is 1. The minimum Gasteiger partial charge on any atom is -0.483 e. The van der Waals surface area contributed by atoms with E-state index >= 15 is 0 Å². The fourth-order valence-corrected chi connectivity index (χ4v) is 2.56. The summed E-state index contributed by atoms with van der Waals surface area (Å²) >= 11 is 0. The lowest BCUT2D eigenvalue weighted by atomic mass is 10.1. The van der Waals surface area contributed by atoms with E-state index in [1.54, 1.807) is 6.07 Å². The molecule has 0 atom stereocenters. The Bertz CT molecular complexity index is 980. The number of rotatable bonds is 5. The van der Waals surface area contributed by atoms with Crippen LogP contribution in [0.5, 0.6) is 5.75 Å². The molecule has 3 rings (SSSR count). The summed E-state index contributed by atoms with van der Waals surface area (Å²) in [6.07, 6.45) is -1.99. The highest BCUT2D eigenvalue weighted by atomic mass is 19.4. The zero-order chi connectivity index (χ0) is 19.6. The van der Waals surface area contributed by atoms with Gasteiger partial charge in [0.25, 0.3) is 5.91 Å². The summed E-state index contributed by atoms with van der Waals surface area (Å²) in [5.41, 5.74) is 2.10. The van der Waals surface area contributed by atoms with E-state index in [4.69, 9.17) is 4.74 Å². The number of carbonyl (C=O) groups excluding carboxylic acids is 1. The smallest absolute Gasteiger partial charge is 0.417 e. The first-order valence-electron chi connectivity index (χ1n) is 8.24. The number of fused-ring (bicyclic) bond motifs is 1. The number of imidazole rings is 1. The highest BCUT2D eigenvalue weighted by Crippen LogP contribution is 2.29. The van der Waals surface area contributed by atoms with E-state index in [1.807, 2.05) is 26.0 Å². The van der Waals surface area contributed by atoms with Gasteiger partial charge >= 0.3 is 6.18 Å². The second kappa shape index (κ2) is 7.30. The van der Waals surface area contributed by atoms with Gasteiger partial charge < -0.3 is 14.5 Å². The number of ether oxygens (including phenoxy) is 1. The van der Waals surface area contributed by atoms with E-state index in [1.165, 1.54) is 16.7 Å². The number of aryl methyl sites for hydroxylation is 1. The van der Waals surface area contributed by atoms with Crippen molar-refractivity contribution in [3.63, 3.8) is 0 Å². The third-order valence-corrected chi connectivity index (χ3v) is 4.21. The molecule has 0 aliphatic rings. The molecule has 0 aliphatic heterocycles. The topological polar surface area (TPSA) is 55.6 Å². The molecule has 2 heterocycles. The molecular formula is C19H18F3N3O2. The third-order valence-electron chi connectivity index (χ3n) is 4.21. The summed E-state index contributed by atoms with van der Waals surface area (Å²) in [4.78, 5) is 16.2. The van der Waals surface area contributed by atoms with Gasteiger partial charge in [0.1, 0.15) is 11.4 Å². The third kappa shape index (κ3) is 4.39. The van der Waals surface area contributed by atoms with Gasteiger partial charge in [0, 0.05) is 12.4 Å². The van der Waals surface area contributed by atoms with Gasteiger partial charge in [0.2, 0.25) is 0 Å². The highest BCUT2D eigenvalue weighted by Gasteiger charge is 2.30. The van der Waals surface area contributed by atoms with Crippen molar-refractivity contribution in [1.29, 1.82) is 0 Å². The number of alkyl halides is 3. The quantitative estimate of drug-likeness (QED) is 0.738. The van der Waals surface area contributed by atoms with E-state index in [9.17, 15) is 18.0 Å². The Morgan fingerprint density at radius 1 is 1.19 bits per heavy atom. The van der Waals surface area contributed by atoms with Crippen LogP contribution in [0.4, 0.5) is 13.2 Å². The predicted molar refractivity (Wildman–Crippen MR) is 93.5 cm³/mol. The SMILES string of the molecule is Cc1cccc(OCC(=O)NCc2cn3cc(C(F)(F)F)ccc3n2)c1C. The number of pyridine rings is 1. The maximum absolute atomic E-state index is 12.7. The lowest BCUT2D eigenvalue weighted by Gasteiger charge is -2.10. The Kier molecular flexibility index (Phi) is 5.07. The summed E-state index contributed by atoms with van der Waals surface area (Å²) in [5.74, 6) is 0.293. The second-order valence-corrected chi connectivity index (χ2v) is 6.18. The summed E-state index contributed by atoms with van der Waals surface area (Å²) in [6.45, 7) is 3.80. The molecule has 0 spiro atoms. The van der Waals surface area contributed by atoms with Crippen LogP contribution < -0.4 is 10.1 Å². The van der Waals surface area contributed by atoms with Gasteiger partial charge in [-0.2, -0.15) is 13.2 Å². The molecule has 0 unspecified atom stereocenters. The normalized spacial score (nSPS) is 11.6. The van der Waals surface area contributed by atoms with E-state index in [0.717, 1.165) is 23.4 Å². The van der Waals surface area contributed by atoms with Crippen molar-refractivity contribution in [1.82, 2.24) is 14.7 Å². The average Bonchev–Trinajstić information content (AvgIpc) is 3.02. The number of hydrogen-bond acceptors (Lipinski definition) is 3. The molecule has 27 heavy (non-hydrogen) atoms. The molecule has 1 aromatic carbocycles. The van der Waals surface area contributed by atoms with Crippen LogP contribution in [0.25, 0.3) is 5.65 Å². The molecule has 2 aromatic heterocycles. The number of benzene rings is 1. The van der Waals surface area contributed by atoms with Crippen LogP contribution >= 0.6 is 0 Å². The molecule has 1 N–H and O–H groups in total. The summed E-state index contributed by atoms with van der Waals surface area (Å²) in [5, 5.41) is 2.65. The zero-order valence-electron chi connectivity index (χ0n) is 14.8. The minimum atomic E-state index is -4.42. The van der Waals surface area contributed by atoms with Crippen molar-refractivity contribution in [2.24, 2.45) is 0 Å². The molecule has 0 bridgehead atoms. The minimum absolute atomic E-state index is 0.0953. The van der Waals surface area contributed by atoms with Gasteiger partial charge in [-0.1, -0.05) is 12.1 Å². The van der Waals surface area contributed by atoms with Crippen LogP contribution in [0.3, 0.4) is 0 Å². The Hall–Kier alpha value is -3.03. The molecule has 8 heteroatoms. The van der Waals surface area contributed by atoms with E-state index in [0.29, 0.717) is 17.1 Å². The fraction of sp³-hybridized carbons (Fsp3) is 0.263. The molecule has 0 aliphatic carbocycles. The van der Waals surface area contributed by atoms with Gasteiger partial charge in [-0.3, -0.25) is 4.79 Å². The standard InChI is InChI=1S/C19H18F3N3O2/c1-12-4-3-5-16(13(12)2)27-11-18(26)23-8-15-10-25-9-14(19(20,21)22)6-7-17(25)24-15/h3-7,9-10H,8,11H2,1-2H3,(H,23,26). The Morgan fingerprint density at radius 3 is 2.70 bits per heavy atom. The second-order valence-electron chi connectivity index (χ2n) is 6.18. The van der Waals surface area contributed by atoms with Gasteiger partial charge in [0.15, 0.2) is 6.61 Å². The molecule has 0 radical (unpaired) electrons. The number of carbonyl (C=O) groups is 1. The van der Waals surface area contributed by atoms with E-state index in [-0.39, 0.29) is 19.1 Å². The Labute approximate surface area is 153 Å². The average molecular weight is 377 g/mol. The summed E-state index contributed by atoms with van der Waals surface area (Å²) in [7, 11) is 0. The first kappa shape index (κ1) is 18.8. The number of aromatic nitrogens is 2. The molecule has 0 saturated heterocycles. The molecular weight excluding hydrogens is 359 g/mol. The number of hydrogen-bond donors (Lipinski definition) is 1. The van der Waals surface area contributed by atoms with Crippen LogP contribution in [0.2, 0.25) is 0 Å². The molecule has 1 amide bonds. The van der Waals surface area contributed by atoms with E-state index < -0.39 is 11.7 Å². The molecule has 0 fully saturated rings. The number of nitrogens with zero attached hydrogens (tertiary/aromatic N) is 2. The van der Waals surface area contributed by atoms with Gasteiger partial charge in [0.05, 0.1) is 17.8 Å². The molecule has 0 saturated carbocycles. The van der Waals surface area contributed by atoms with Crippen LogP contribution in [-0.2, 0) is 17.5 Å².